The van der Waals surface area contributed by atoms with Crippen molar-refractivity contribution in [3.05, 3.63) is 56.3 Å². The van der Waals surface area contributed by atoms with Crippen molar-refractivity contribution in [2.45, 2.75) is 13.0 Å². The molecule has 0 saturated heterocycles. The molecule has 9 heteroatoms. The molecule has 1 N–H and O–H groups in total. The average Bonchev–Trinajstić information content (AvgIpc) is 3.20. The molecule has 0 atom stereocenters. The van der Waals surface area contributed by atoms with Crippen LogP contribution in [0.25, 0.3) is 28.2 Å². The van der Waals surface area contributed by atoms with Gasteiger partial charge in [0.05, 0.1) is 5.69 Å². The van der Waals surface area contributed by atoms with Gasteiger partial charge in [-0.1, -0.05) is 23.7 Å². The van der Waals surface area contributed by atoms with Crippen molar-refractivity contribution in [1.82, 2.24) is 23.1 Å². The fourth-order valence-corrected chi connectivity index (χ4v) is 3.44. The summed E-state index contributed by atoms with van der Waals surface area (Å²) in [6.45, 7) is 0.549. The lowest BCUT2D eigenvalue weighted by molar-refractivity contribution is 0.280. The monoisotopic (exact) mass is 387 g/mol. The maximum absolute atomic E-state index is 12.7. The number of halogens is 1. The van der Waals surface area contributed by atoms with Crippen LogP contribution in [0.3, 0.4) is 0 Å². The van der Waals surface area contributed by atoms with Crippen molar-refractivity contribution >= 4 is 28.5 Å². The minimum atomic E-state index is -0.423. The van der Waals surface area contributed by atoms with Crippen molar-refractivity contribution in [3.63, 3.8) is 0 Å². The molecule has 1 aromatic carbocycles. The van der Waals surface area contributed by atoms with Crippen LogP contribution in [0.5, 0.6) is 0 Å². The van der Waals surface area contributed by atoms with Crippen LogP contribution in [0.15, 0.2) is 40.1 Å². The van der Waals surface area contributed by atoms with Crippen molar-refractivity contribution in [2.75, 3.05) is 6.61 Å². The zero-order chi connectivity index (χ0) is 19.3. The predicted octanol–water partition coefficient (Wildman–Crippen LogP) is 1.39. The van der Waals surface area contributed by atoms with Gasteiger partial charge < -0.3 is 9.67 Å². The first kappa shape index (κ1) is 17.6. The zero-order valence-electron chi connectivity index (χ0n) is 14.9. The molecule has 27 heavy (non-hydrogen) atoms. The highest BCUT2D eigenvalue weighted by Crippen LogP contribution is 2.26. The molecule has 0 aliphatic rings. The maximum Gasteiger partial charge on any atom is 0.332 e. The summed E-state index contributed by atoms with van der Waals surface area (Å²) in [6.07, 6.45) is 2.36. The Morgan fingerprint density at radius 1 is 1.11 bits per heavy atom. The van der Waals surface area contributed by atoms with E-state index in [0.29, 0.717) is 34.9 Å². The largest absolute Gasteiger partial charge is 0.396 e. The molecule has 0 unspecified atom stereocenters. The topological polar surface area (TPSA) is 86.5 Å². The predicted molar refractivity (Wildman–Crippen MR) is 103 cm³/mol. The summed E-state index contributed by atoms with van der Waals surface area (Å²) in [5.74, 6) is 0.543. The van der Waals surface area contributed by atoms with Crippen molar-refractivity contribution in [2.24, 2.45) is 14.1 Å². The van der Waals surface area contributed by atoms with Crippen molar-refractivity contribution in [3.8, 4) is 11.3 Å². The number of aliphatic hydroxyl groups excluding tert-OH is 1. The van der Waals surface area contributed by atoms with E-state index in [1.54, 1.807) is 23.6 Å². The number of aryl methyl sites for hydroxylation is 2. The number of nitrogens with zero attached hydrogens (tertiary/aromatic N) is 5. The quantitative estimate of drug-likeness (QED) is 0.573. The first-order valence-corrected chi connectivity index (χ1v) is 8.86. The number of aliphatic hydroxyl groups is 1. The third-order valence-electron chi connectivity index (χ3n) is 4.74. The molecule has 0 aliphatic carbocycles. The highest BCUT2D eigenvalue weighted by atomic mass is 35.5. The van der Waals surface area contributed by atoms with Crippen LogP contribution in [0.4, 0.5) is 0 Å². The van der Waals surface area contributed by atoms with E-state index in [1.165, 1.54) is 11.6 Å². The van der Waals surface area contributed by atoms with Gasteiger partial charge in [-0.25, -0.2) is 4.79 Å². The van der Waals surface area contributed by atoms with Crippen LogP contribution in [0.1, 0.15) is 6.42 Å². The second-order valence-electron chi connectivity index (χ2n) is 6.41. The molecule has 4 aromatic rings. The normalized spacial score (nSPS) is 11.7. The number of hydrogen-bond acceptors (Lipinski definition) is 4. The summed E-state index contributed by atoms with van der Waals surface area (Å²) in [5, 5.41) is 9.91. The standard InChI is InChI=1S/C18H18ClN5O3/c1-21-15-14(16(26)22(2)18(21)27)24-10-13(11-4-6-12(19)7-5-11)23(8-3-9-25)17(24)20-15/h4-7,10,25H,3,8-9H2,1-2H3. The SMILES string of the molecule is Cn1c(=O)c2c(nc3n(CCCO)c(-c4ccc(Cl)cc4)cn23)n(C)c1=O. The third-order valence-corrected chi connectivity index (χ3v) is 4.99. The van der Waals surface area contributed by atoms with E-state index in [1.807, 2.05) is 22.9 Å². The molecule has 0 fully saturated rings. The summed E-state index contributed by atoms with van der Waals surface area (Å²) in [5.41, 5.74) is 1.61. The van der Waals surface area contributed by atoms with E-state index in [2.05, 4.69) is 4.98 Å². The van der Waals surface area contributed by atoms with E-state index in [-0.39, 0.29) is 6.61 Å². The second kappa shape index (κ2) is 6.40. The molecule has 0 amide bonds. The number of hydrogen-bond donors (Lipinski definition) is 1. The highest BCUT2D eigenvalue weighted by Gasteiger charge is 2.20. The molecule has 0 spiro atoms. The molecule has 0 saturated carbocycles. The first-order chi connectivity index (χ1) is 12.9. The lowest BCUT2D eigenvalue weighted by atomic mass is 10.1. The Morgan fingerprint density at radius 2 is 1.81 bits per heavy atom. The van der Waals surface area contributed by atoms with Crippen LogP contribution >= 0.6 is 11.6 Å². The number of fused-ring (bicyclic) bond motifs is 3. The summed E-state index contributed by atoms with van der Waals surface area (Å²) < 4.78 is 6.08. The lowest BCUT2D eigenvalue weighted by Gasteiger charge is -2.08. The van der Waals surface area contributed by atoms with E-state index in [0.717, 1.165) is 15.8 Å². The van der Waals surface area contributed by atoms with Gasteiger partial charge in [0.15, 0.2) is 11.2 Å². The first-order valence-electron chi connectivity index (χ1n) is 8.48. The molecule has 140 valence electrons. The van der Waals surface area contributed by atoms with E-state index >= 15 is 0 Å². The van der Waals surface area contributed by atoms with Gasteiger partial charge in [0.2, 0.25) is 5.78 Å². The van der Waals surface area contributed by atoms with Crippen molar-refractivity contribution in [1.29, 1.82) is 0 Å². The number of aromatic nitrogens is 5. The van der Waals surface area contributed by atoms with Crippen LogP contribution in [0.2, 0.25) is 5.02 Å². The molecule has 0 aliphatic heterocycles. The fraction of sp³-hybridized carbons (Fsp3) is 0.278. The third kappa shape index (κ3) is 2.60. The van der Waals surface area contributed by atoms with Gasteiger partial charge in [-0.2, -0.15) is 4.98 Å². The van der Waals surface area contributed by atoms with Gasteiger partial charge in [-0.15, -0.1) is 0 Å². The maximum atomic E-state index is 12.7. The second-order valence-corrected chi connectivity index (χ2v) is 6.85. The highest BCUT2D eigenvalue weighted by molar-refractivity contribution is 6.30. The van der Waals surface area contributed by atoms with Gasteiger partial charge in [-0.3, -0.25) is 18.3 Å². The minimum absolute atomic E-state index is 0.0326. The lowest BCUT2D eigenvalue weighted by Crippen LogP contribution is -2.37. The summed E-state index contributed by atoms with van der Waals surface area (Å²) in [4.78, 5) is 29.5. The van der Waals surface area contributed by atoms with E-state index < -0.39 is 11.2 Å². The van der Waals surface area contributed by atoms with Crippen LogP contribution in [-0.2, 0) is 20.6 Å². The Labute approximate surface area is 158 Å². The summed E-state index contributed by atoms with van der Waals surface area (Å²) >= 11 is 5.99. The smallest absolute Gasteiger partial charge is 0.332 e. The Hall–Kier alpha value is -2.84. The van der Waals surface area contributed by atoms with E-state index in [4.69, 9.17) is 11.6 Å². The molecule has 3 aromatic heterocycles. The molecular formula is C18H18ClN5O3. The molecule has 0 radical (unpaired) electrons. The Morgan fingerprint density at radius 3 is 2.48 bits per heavy atom. The fourth-order valence-electron chi connectivity index (χ4n) is 3.32. The summed E-state index contributed by atoms with van der Waals surface area (Å²) in [7, 11) is 3.04. The van der Waals surface area contributed by atoms with Crippen molar-refractivity contribution < 1.29 is 5.11 Å². The number of benzene rings is 1. The van der Waals surface area contributed by atoms with Gasteiger partial charge in [0.1, 0.15) is 0 Å². The summed E-state index contributed by atoms with van der Waals surface area (Å²) in [6, 6.07) is 7.37. The molecule has 3 heterocycles. The molecule has 4 rings (SSSR count). The van der Waals surface area contributed by atoms with Gasteiger partial charge in [0.25, 0.3) is 5.56 Å². The molecule has 8 nitrogen and oxygen atoms in total. The molecule has 0 bridgehead atoms. The van der Waals surface area contributed by atoms with Crippen LogP contribution in [0, 0.1) is 0 Å². The minimum Gasteiger partial charge on any atom is -0.396 e. The average molecular weight is 388 g/mol. The van der Waals surface area contributed by atoms with Crippen LogP contribution < -0.4 is 11.2 Å². The van der Waals surface area contributed by atoms with Gasteiger partial charge in [-0.05, 0) is 24.1 Å². The van der Waals surface area contributed by atoms with E-state index in [9.17, 15) is 14.7 Å². The number of rotatable bonds is 4. The molecular weight excluding hydrogens is 370 g/mol. The van der Waals surface area contributed by atoms with Gasteiger partial charge in [0, 0.05) is 38.5 Å². The number of imidazole rings is 2. The zero-order valence-corrected chi connectivity index (χ0v) is 15.6. The van der Waals surface area contributed by atoms with Gasteiger partial charge >= 0.3 is 5.69 Å². The Bertz CT molecular complexity index is 1280. The Balaban J connectivity index is 2.09. The Kier molecular flexibility index (Phi) is 4.16. The van der Waals surface area contributed by atoms with Crippen LogP contribution in [-0.4, -0.2) is 34.8 Å².